The summed E-state index contributed by atoms with van der Waals surface area (Å²) in [6.45, 7) is 4.87. The van der Waals surface area contributed by atoms with Crippen molar-refractivity contribution in [2.24, 2.45) is 0 Å². The van der Waals surface area contributed by atoms with Crippen molar-refractivity contribution in [2.45, 2.75) is 39.2 Å². The zero-order valence-corrected chi connectivity index (χ0v) is 22.1. The number of aryl methyl sites for hydroxylation is 1. The summed E-state index contributed by atoms with van der Waals surface area (Å²) in [4.78, 5) is 51.2. The van der Waals surface area contributed by atoms with Gasteiger partial charge in [0.25, 0.3) is 11.8 Å². The number of carbonyl (C=O) groups excluding carboxylic acids is 4. The average Bonchev–Trinajstić information content (AvgIpc) is 3.25. The fourth-order valence-electron chi connectivity index (χ4n) is 3.71. The topological polar surface area (TPSA) is 117 Å². The molecule has 0 aliphatic carbocycles. The maximum absolute atomic E-state index is 13.1. The summed E-state index contributed by atoms with van der Waals surface area (Å²) in [5.74, 6) is -0.852. The first-order valence-electron chi connectivity index (χ1n) is 11.3. The number of nitrogens with zero attached hydrogens (tertiary/aromatic N) is 1. The van der Waals surface area contributed by atoms with Crippen LogP contribution in [0.1, 0.15) is 41.4 Å². The lowest BCUT2D eigenvalue weighted by molar-refractivity contribution is -0.125. The van der Waals surface area contributed by atoms with E-state index in [2.05, 4.69) is 31.9 Å². The molecular formula is C24H29BrN4O5S. The molecule has 3 N–H and O–H groups in total. The van der Waals surface area contributed by atoms with E-state index in [-0.39, 0.29) is 30.2 Å². The highest BCUT2D eigenvalue weighted by Gasteiger charge is 2.24. The Morgan fingerprint density at radius 1 is 1.20 bits per heavy atom. The van der Waals surface area contributed by atoms with E-state index in [4.69, 9.17) is 4.74 Å². The quantitative estimate of drug-likeness (QED) is 0.383. The highest BCUT2D eigenvalue weighted by Crippen LogP contribution is 2.25. The Morgan fingerprint density at radius 3 is 2.66 bits per heavy atom. The van der Waals surface area contributed by atoms with Crippen LogP contribution in [0.25, 0.3) is 0 Å². The van der Waals surface area contributed by atoms with Crippen molar-refractivity contribution in [1.82, 2.24) is 10.6 Å². The van der Waals surface area contributed by atoms with Gasteiger partial charge in [-0.2, -0.15) is 0 Å². The van der Waals surface area contributed by atoms with E-state index in [0.29, 0.717) is 49.5 Å². The van der Waals surface area contributed by atoms with Crippen LogP contribution < -0.4 is 20.9 Å². The van der Waals surface area contributed by atoms with Crippen molar-refractivity contribution >= 4 is 62.3 Å². The third-order valence-corrected chi connectivity index (χ3v) is 7.08. The molecule has 0 spiro atoms. The summed E-state index contributed by atoms with van der Waals surface area (Å²) in [6, 6.07) is 8.09. The van der Waals surface area contributed by atoms with Crippen LogP contribution in [0.4, 0.5) is 11.4 Å². The third-order valence-electron chi connectivity index (χ3n) is 5.45. The van der Waals surface area contributed by atoms with E-state index < -0.39 is 6.04 Å². The number of anilines is 2. The van der Waals surface area contributed by atoms with Crippen molar-refractivity contribution in [2.75, 3.05) is 36.5 Å². The lowest BCUT2D eigenvalue weighted by atomic mass is 10.1. The molecule has 11 heteroatoms. The Morgan fingerprint density at radius 2 is 2.00 bits per heavy atom. The van der Waals surface area contributed by atoms with Crippen LogP contribution in [0.3, 0.4) is 0 Å². The summed E-state index contributed by atoms with van der Waals surface area (Å²) < 4.78 is 6.02. The monoisotopic (exact) mass is 564 g/mol. The second-order valence-electron chi connectivity index (χ2n) is 8.20. The van der Waals surface area contributed by atoms with E-state index in [9.17, 15) is 19.2 Å². The molecular weight excluding hydrogens is 536 g/mol. The number of hydrogen-bond acceptors (Lipinski definition) is 6. The molecule has 0 saturated carbocycles. The molecule has 0 bridgehead atoms. The Labute approximate surface area is 216 Å². The minimum absolute atomic E-state index is 0.0576. The molecule has 0 radical (unpaired) electrons. The molecule has 2 aromatic rings. The van der Waals surface area contributed by atoms with Crippen LogP contribution in [0.2, 0.25) is 0 Å². The maximum Gasteiger partial charge on any atom is 0.262 e. The first-order chi connectivity index (χ1) is 16.7. The Kier molecular flexibility index (Phi) is 9.82. The number of benzene rings is 1. The van der Waals surface area contributed by atoms with Crippen molar-refractivity contribution in [3.8, 4) is 0 Å². The van der Waals surface area contributed by atoms with Crippen molar-refractivity contribution < 1.29 is 23.9 Å². The molecule has 1 atom stereocenters. The number of unbranched alkanes of at least 4 members (excludes halogenated alkanes) is 1. The number of ether oxygens (including phenoxy) is 1. The molecule has 188 valence electrons. The minimum atomic E-state index is -0.749. The van der Waals surface area contributed by atoms with Crippen LogP contribution in [0, 0.1) is 6.92 Å². The van der Waals surface area contributed by atoms with Gasteiger partial charge in [0.05, 0.1) is 15.3 Å². The van der Waals surface area contributed by atoms with Gasteiger partial charge < -0.3 is 25.6 Å². The smallest absolute Gasteiger partial charge is 0.262 e. The number of hydrogen-bond donors (Lipinski definition) is 3. The largest absolute Gasteiger partial charge is 0.370 e. The van der Waals surface area contributed by atoms with E-state index in [1.54, 1.807) is 29.2 Å². The summed E-state index contributed by atoms with van der Waals surface area (Å²) in [6.07, 6.45) is 1.75. The van der Waals surface area contributed by atoms with E-state index in [1.165, 1.54) is 18.3 Å². The van der Waals surface area contributed by atoms with Gasteiger partial charge in [-0.15, -0.1) is 11.3 Å². The highest BCUT2D eigenvalue weighted by molar-refractivity contribution is 9.11. The first-order valence-corrected chi connectivity index (χ1v) is 13.0. The predicted molar refractivity (Wildman–Crippen MR) is 139 cm³/mol. The average molecular weight is 565 g/mol. The molecule has 35 heavy (non-hydrogen) atoms. The number of halogens is 1. The summed E-state index contributed by atoms with van der Waals surface area (Å²) in [7, 11) is 0. The molecule has 2 heterocycles. The Hall–Kier alpha value is -2.76. The standard InChI is InChI=1S/C24H29BrN4O5S/c1-15-13-17(6-7-19(15)29-11-12-34-14-22(29)31)27-23(32)18(5-3-4-10-26-16(2)30)28-24(33)20-8-9-21(25)35-20/h6-9,13,18H,3-5,10-12,14H2,1-2H3,(H,26,30)(H,27,32)(H,28,33). The first kappa shape index (κ1) is 26.8. The van der Waals surface area contributed by atoms with Crippen LogP contribution in [0.5, 0.6) is 0 Å². The second kappa shape index (κ2) is 12.8. The number of amides is 4. The molecule has 1 fully saturated rings. The SMILES string of the molecule is CC(=O)NCCCCC(NC(=O)c1ccc(Br)s1)C(=O)Nc1ccc(N2CCOCC2=O)c(C)c1. The molecule has 1 aliphatic rings. The van der Waals surface area contributed by atoms with E-state index in [1.807, 2.05) is 13.0 Å². The van der Waals surface area contributed by atoms with E-state index in [0.717, 1.165) is 15.0 Å². The van der Waals surface area contributed by atoms with Crippen LogP contribution in [-0.2, 0) is 19.1 Å². The van der Waals surface area contributed by atoms with Crippen molar-refractivity contribution in [1.29, 1.82) is 0 Å². The number of nitrogens with one attached hydrogen (secondary N) is 3. The summed E-state index contributed by atoms with van der Waals surface area (Å²) in [5, 5.41) is 8.46. The highest BCUT2D eigenvalue weighted by atomic mass is 79.9. The molecule has 1 saturated heterocycles. The van der Waals surface area contributed by atoms with Gasteiger partial charge in [-0.05, 0) is 78.0 Å². The lowest BCUT2D eigenvalue weighted by Gasteiger charge is -2.28. The van der Waals surface area contributed by atoms with Gasteiger partial charge in [0.15, 0.2) is 0 Å². The molecule has 3 rings (SSSR count). The van der Waals surface area contributed by atoms with Gasteiger partial charge in [0.2, 0.25) is 11.8 Å². The summed E-state index contributed by atoms with van der Waals surface area (Å²) in [5.41, 5.74) is 2.20. The number of morpholine rings is 1. The van der Waals surface area contributed by atoms with Gasteiger partial charge >= 0.3 is 0 Å². The van der Waals surface area contributed by atoms with Gasteiger partial charge in [0.1, 0.15) is 12.6 Å². The fourth-order valence-corrected chi connectivity index (χ4v) is 5.00. The Balaban J connectivity index is 1.67. The zero-order valence-electron chi connectivity index (χ0n) is 19.7. The van der Waals surface area contributed by atoms with Gasteiger partial charge in [-0.25, -0.2) is 0 Å². The molecule has 1 aromatic carbocycles. The molecule has 1 aromatic heterocycles. The molecule has 1 aliphatic heterocycles. The van der Waals surface area contributed by atoms with Gasteiger partial charge in [0, 0.05) is 31.4 Å². The molecule has 9 nitrogen and oxygen atoms in total. The second-order valence-corrected chi connectivity index (χ2v) is 10.7. The van der Waals surface area contributed by atoms with Crippen molar-refractivity contribution in [3.63, 3.8) is 0 Å². The summed E-state index contributed by atoms with van der Waals surface area (Å²) >= 11 is 4.64. The number of rotatable bonds is 10. The molecule has 4 amide bonds. The minimum Gasteiger partial charge on any atom is -0.370 e. The third kappa shape index (κ3) is 7.87. The van der Waals surface area contributed by atoms with Gasteiger partial charge in [-0.3, -0.25) is 19.2 Å². The van der Waals surface area contributed by atoms with Crippen molar-refractivity contribution in [3.05, 3.63) is 44.6 Å². The lowest BCUT2D eigenvalue weighted by Crippen LogP contribution is -2.43. The van der Waals surface area contributed by atoms with Crippen LogP contribution in [0.15, 0.2) is 34.1 Å². The van der Waals surface area contributed by atoms with E-state index >= 15 is 0 Å². The van der Waals surface area contributed by atoms with Crippen LogP contribution >= 0.6 is 27.3 Å². The maximum atomic E-state index is 13.1. The predicted octanol–water partition coefficient (Wildman–Crippen LogP) is 3.23. The number of carbonyl (C=O) groups is 4. The van der Waals surface area contributed by atoms with Gasteiger partial charge in [-0.1, -0.05) is 0 Å². The molecule has 1 unspecified atom stereocenters. The normalized spacial score (nSPS) is 14.4. The number of thiophene rings is 1. The van der Waals surface area contributed by atoms with Crippen LogP contribution in [-0.4, -0.2) is 56.0 Å². The zero-order chi connectivity index (χ0) is 25.4. The fraction of sp³-hybridized carbons (Fsp3) is 0.417. The Bertz CT molecular complexity index is 1090.